The molecule has 0 aliphatic carbocycles. The van der Waals surface area contributed by atoms with Crippen LogP contribution in [-0.2, 0) is 0 Å². The SMILES string of the molecule is COc1ccc2nccc(C)c2c1.O. The van der Waals surface area contributed by atoms with Gasteiger partial charge < -0.3 is 10.2 Å². The number of benzene rings is 1. The summed E-state index contributed by atoms with van der Waals surface area (Å²) in [4.78, 5) is 4.26. The highest BCUT2D eigenvalue weighted by Gasteiger charge is 1.98. The third-order valence-corrected chi connectivity index (χ3v) is 2.17. The lowest BCUT2D eigenvalue weighted by molar-refractivity contribution is 0.415. The molecule has 0 radical (unpaired) electrons. The van der Waals surface area contributed by atoms with Gasteiger partial charge in [0.25, 0.3) is 0 Å². The number of pyridine rings is 1. The molecule has 0 spiro atoms. The van der Waals surface area contributed by atoms with E-state index in [2.05, 4.69) is 11.9 Å². The molecule has 0 amide bonds. The second kappa shape index (κ2) is 4.07. The molecule has 3 nitrogen and oxygen atoms in total. The zero-order valence-electron chi connectivity index (χ0n) is 8.24. The zero-order valence-corrected chi connectivity index (χ0v) is 8.24. The van der Waals surface area contributed by atoms with Gasteiger partial charge in [0.05, 0.1) is 12.6 Å². The van der Waals surface area contributed by atoms with E-state index in [9.17, 15) is 0 Å². The van der Waals surface area contributed by atoms with Crippen molar-refractivity contribution in [1.82, 2.24) is 4.98 Å². The van der Waals surface area contributed by atoms with Crippen LogP contribution in [0.1, 0.15) is 5.56 Å². The molecular weight excluding hydrogens is 178 g/mol. The summed E-state index contributed by atoms with van der Waals surface area (Å²) >= 11 is 0. The van der Waals surface area contributed by atoms with Gasteiger partial charge in [-0.25, -0.2) is 0 Å². The van der Waals surface area contributed by atoms with Crippen molar-refractivity contribution in [3.05, 3.63) is 36.0 Å². The van der Waals surface area contributed by atoms with E-state index >= 15 is 0 Å². The Morgan fingerprint density at radius 2 is 2.00 bits per heavy atom. The quantitative estimate of drug-likeness (QED) is 0.689. The lowest BCUT2D eigenvalue weighted by Gasteiger charge is -2.03. The van der Waals surface area contributed by atoms with E-state index in [1.807, 2.05) is 30.5 Å². The zero-order chi connectivity index (χ0) is 9.26. The van der Waals surface area contributed by atoms with E-state index in [-0.39, 0.29) is 5.48 Å². The van der Waals surface area contributed by atoms with Crippen LogP contribution in [0.2, 0.25) is 0 Å². The first-order valence-corrected chi connectivity index (χ1v) is 4.20. The van der Waals surface area contributed by atoms with Gasteiger partial charge in [-0.1, -0.05) is 0 Å². The molecule has 0 aliphatic heterocycles. The van der Waals surface area contributed by atoms with Crippen molar-refractivity contribution in [2.75, 3.05) is 7.11 Å². The third kappa shape index (κ3) is 1.67. The number of aromatic nitrogens is 1. The summed E-state index contributed by atoms with van der Waals surface area (Å²) in [7, 11) is 1.67. The average Bonchev–Trinajstić information content (AvgIpc) is 2.18. The highest BCUT2D eigenvalue weighted by Crippen LogP contribution is 2.21. The second-order valence-corrected chi connectivity index (χ2v) is 3.01. The molecule has 0 unspecified atom stereocenters. The maximum Gasteiger partial charge on any atom is 0.119 e. The minimum absolute atomic E-state index is 0. The Hall–Kier alpha value is -1.61. The van der Waals surface area contributed by atoms with Gasteiger partial charge in [0.2, 0.25) is 0 Å². The fourth-order valence-electron chi connectivity index (χ4n) is 1.39. The van der Waals surface area contributed by atoms with Crippen LogP contribution in [0, 0.1) is 6.92 Å². The molecule has 74 valence electrons. The van der Waals surface area contributed by atoms with Gasteiger partial charge in [0.15, 0.2) is 0 Å². The fraction of sp³-hybridized carbons (Fsp3) is 0.182. The average molecular weight is 191 g/mol. The molecule has 1 aromatic heterocycles. The Morgan fingerprint density at radius 1 is 1.21 bits per heavy atom. The number of fused-ring (bicyclic) bond motifs is 1. The van der Waals surface area contributed by atoms with Gasteiger partial charge in [-0.3, -0.25) is 4.98 Å². The fourth-order valence-corrected chi connectivity index (χ4v) is 1.39. The van der Waals surface area contributed by atoms with Crippen LogP contribution in [-0.4, -0.2) is 17.6 Å². The monoisotopic (exact) mass is 191 g/mol. The van der Waals surface area contributed by atoms with Crippen LogP contribution in [0.25, 0.3) is 10.9 Å². The maximum absolute atomic E-state index is 5.15. The highest BCUT2D eigenvalue weighted by molar-refractivity contribution is 5.83. The number of methoxy groups -OCH3 is 1. The Bertz CT molecular complexity index is 440. The molecular formula is C11H13NO2. The summed E-state index contributed by atoms with van der Waals surface area (Å²) in [6, 6.07) is 7.91. The van der Waals surface area contributed by atoms with Crippen molar-refractivity contribution in [3.8, 4) is 5.75 Å². The van der Waals surface area contributed by atoms with Crippen LogP contribution in [0.4, 0.5) is 0 Å². The van der Waals surface area contributed by atoms with Gasteiger partial charge in [-0.2, -0.15) is 0 Å². The molecule has 0 saturated carbocycles. The predicted molar refractivity (Wildman–Crippen MR) is 56.6 cm³/mol. The first-order chi connectivity index (χ1) is 6.31. The molecule has 14 heavy (non-hydrogen) atoms. The van der Waals surface area contributed by atoms with Gasteiger partial charge in [-0.05, 0) is 36.8 Å². The largest absolute Gasteiger partial charge is 0.497 e. The number of rotatable bonds is 1. The first kappa shape index (κ1) is 10.5. The van der Waals surface area contributed by atoms with Crippen molar-refractivity contribution in [2.24, 2.45) is 0 Å². The molecule has 0 bridgehead atoms. The maximum atomic E-state index is 5.15. The highest BCUT2D eigenvalue weighted by atomic mass is 16.5. The number of hydrogen-bond acceptors (Lipinski definition) is 2. The van der Waals surface area contributed by atoms with Crippen LogP contribution < -0.4 is 4.74 Å². The summed E-state index contributed by atoms with van der Waals surface area (Å²) in [5.41, 5.74) is 2.24. The molecule has 2 aromatic rings. The van der Waals surface area contributed by atoms with Crippen LogP contribution in [0.5, 0.6) is 5.75 Å². The summed E-state index contributed by atoms with van der Waals surface area (Å²) in [6.45, 7) is 2.07. The van der Waals surface area contributed by atoms with Gasteiger partial charge in [0.1, 0.15) is 5.75 Å². The third-order valence-electron chi connectivity index (χ3n) is 2.17. The van der Waals surface area contributed by atoms with Gasteiger partial charge >= 0.3 is 0 Å². The Labute approximate surface area is 82.7 Å². The first-order valence-electron chi connectivity index (χ1n) is 4.20. The van der Waals surface area contributed by atoms with E-state index in [4.69, 9.17) is 4.74 Å². The normalized spacial score (nSPS) is 9.57. The molecule has 0 aliphatic rings. The van der Waals surface area contributed by atoms with E-state index in [0.29, 0.717) is 0 Å². The van der Waals surface area contributed by atoms with Crippen LogP contribution >= 0.6 is 0 Å². The molecule has 0 atom stereocenters. The molecule has 3 heteroatoms. The van der Waals surface area contributed by atoms with Crippen molar-refractivity contribution < 1.29 is 10.2 Å². The van der Waals surface area contributed by atoms with Crippen molar-refractivity contribution in [2.45, 2.75) is 6.92 Å². The summed E-state index contributed by atoms with van der Waals surface area (Å²) < 4.78 is 5.15. The van der Waals surface area contributed by atoms with E-state index < -0.39 is 0 Å². The topological polar surface area (TPSA) is 53.6 Å². The minimum Gasteiger partial charge on any atom is -0.497 e. The van der Waals surface area contributed by atoms with Crippen molar-refractivity contribution in [3.63, 3.8) is 0 Å². The number of nitrogens with zero attached hydrogens (tertiary/aromatic N) is 1. The van der Waals surface area contributed by atoms with E-state index in [0.717, 1.165) is 16.7 Å². The Morgan fingerprint density at radius 3 is 2.71 bits per heavy atom. The summed E-state index contributed by atoms with van der Waals surface area (Å²) in [5.74, 6) is 0.878. The minimum atomic E-state index is 0. The summed E-state index contributed by atoms with van der Waals surface area (Å²) in [6.07, 6.45) is 1.82. The molecule has 2 N–H and O–H groups in total. The number of aryl methyl sites for hydroxylation is 1. The van der Waals surface area contributed by atoms with Crippen molar-refractivity contribution >= 4 is 10.9 Å². The lowest BCUT2D eigenvalue weighted by Crippen LogP contribution is -1.85. The van der Waals surface area contributed by atoms with Crippen LogP contribution in [0.15, 0.2) is 30.5 Å². The Balaban J connectivity index is 0.000000980. The summed E-state index contributed by atoms with van der Waals surface area (Å²) in [5, 5.41) is 1.15. The molecule has 1 aromatic carbocycles. The Kier molecular flexibility index (Phi) is 3.04. The van der Waals surface area contributed by atoms with Gasteiger partial charge in [0, 0.05) is 11.6 Å². The predicted octanol–water partition coefficient (Wildman–Crippen LogP) is 1.73. The molecule has 0 saturated heterocycles. The van der Waals surface area contributed by atoms with Crippen molar-refractivity contribution in [1.29, 1.82) is 0 Å². The molecule has 2 rings (SSSR count). The number of ether oxygens (including phenoxy) is 1. The lowest BCUT2D eigenvalue weighted by atomic mass is 10.1. The van der Waals surface area contributed by atoms with Crippen LogP contribution in [0.3, 0.4) is 0 Å². The second-order valence-electron chi connectivity index (χ2n) is 3.01. The molecule has 0 fully saturated rings. The van der Waals surface area contributed by atoms with E-state index in [1.54, 1.807) is 7.11 Å². The number of hydrogen-bond donors (Lipinski definition) is 0. The smallest absolute Gasteiger partial charge is 0.119 e. The van der Waals surface area contributed by atoms with Gasteiger partial charge in [-0.15, -0.1) is 0 Å². The standard InChI is InChI=1S/C11H11NO.H2O/c1-8-5-6-12-11-4-3-9(13-2)7-10(8)11;/h3-7H,1-2H3;1H2. The molecule has 1 heterocycles. The van der Waals surface area contributed by atoms with E-state index in [1.165, 1.54) is 5.56 Å².